The van der Waals surface area contributed by atoms with Crippen LogP contribution in [0.5, 0.6) is 0 Å². The number of nitrogens with zero attached hydrogens (tertiary/aromatic N) is 3. The highest BCUT2D eigenvalue weighted by Crippen LogP contribution is 2.23. The minimum absolute atomic E-state index is 1.09. The van der Waals surface area contributed by atoms with Gasteiger partial charge in [0.25, 0.3) is 0 Å². The maximum atomic E-state index is 4.50. The van der Waals surface area contributed by atoms with Crippen LogP contribution in [0.1, 0.15) is 18.5 Å². The summed E-state index contributed by atoms with van der Waals surface area (Å²) in [4.78, 5) is 8.53. The first-order valence-corrected chi connectivity index (χ1v) is 5.40. The van der Waals surface area contributed by atoms with Crippen LogP contribution in [-0.2, 0) is 13.0 Å². The smallest absolute Gasteiger partial charge is 0.140 e. The highest BCUT2D eigenvalue weighted by atomic mass is 15.1. The van der Waals surface area contributed by atoms with E-state index in [1.54, 1.807) is 0 Å². The van der Waals surface area contributed by atoms with Gasteiger partial charge in [0.05, 0.1) is 0 Å². The van der Waals surface area contributed by atoms with Gasteiger partial charge < -0.3 is 4.57 Å². The molecule has 3 heterocycles. The summed E-state index contributed by atoms with van der Waals surface area (Å²) < 4.78 is 2.33. The second-order valence-electron chi connectivity index (χ2n) is 3.92. The topological polar surface area (TPSA) is 30.7 Å². The van der Waals surface area contributed by atoms with Crippen molar-refractivity contribution in [2.75, 3.05) is 0 Å². The fraction of sp³-hybridized carbons (Fsp3) is 0.333. The number of pyridine rings is 1. The molecular formula is C12H13N3. The highest BCUT2D eigenvalue weighted by Gasteiger charge is 2.14. The fourth-order valence-corrected chi connectivity index (χ4v) is 2.17. The minimum atomic E-state index is 1.09. The number of aryl methyl sites for hydroxylation is 1. The molecule has 1 aliphatic heterocycles. The number of hydrogen-bond acceptors (Lipinski definition) is 2. The monoisotopic (exact) mass is 199 g/mol. The van der Waals surface area contributed by atoms with Crippen molar-refractivity contribution in [3.05, 3.63) is 36.4 Å². The van der Waals surface area contributed by atoms with Gasteiger partial charge in [0.2, 0.25) is 0 Å². The Labute approximate surface area is 88.8 Å². The predicted molar refractivity (Wildman–Crippen MR) is 58.4 cm³/mol. The molecule has 0 radical (unpaired) electrons. The molecule has 0 saturated carbocycles. The first-order valence-electron chi connectivity index (χ1n) is 5.40. The molecule has 3 heteroatoms. The molecule has 15 heavy (non-hydrogen) atoms. The second kappa shape index (κ2) is 3.50. The lowest BCUT2D eigenvalue weighted by atomic mass is 10.1. The van der Waals surface area contributed by atoms with Crippen LogP contribution >= 0.6 is 0 Å². The van der Waals surface area contributed by atoms with Crippen molar-refractivity contribution in [1.29, 1.82) is 0 Å². The van der Waals surface area contributed by atoms with Gasteiger partial charge in [-0.25, -0.2) is 4.98 Å². The molecule has 1 aliphatic rings. The zero-order chi connectivity index (χ0) is 10.1. The summed E-state index contributed by atoms with van der Waals surface area (Å²) in [6, 6.07) is 4.04. The van der Waals surface area contributed by atoms with Gasteiger partial charge in [-0.05, 0) is 31.4 Å². The van der Waals surface area contributed by atoms with E-state index in [9.17, 15) is 0 Å². The minimum Gasteiger partial charge on any atom is -0.328 e. The maximum Gasteiger partial charge on any atom is 0.140 e. The number of aromatic nitrogens is 3. The Morgan fingerprint density at radius 1 is 1.13 bits per heavy atom. The molecule has 2 aromatic rings. The van der Waals surface area contributed by atoms with Gasteiger partial charge >= 0.3 is 0 Å². The summed E-state index contributed by atoms with van der Waals surface area (Å²) in [5, 5.41) is 0. The average Bonchev–Trinajstić information content (AvgIpc) is 2.74. The van der Waals surface area contributed by atoms with Crippen LogP contribution in [0, 0.1) is 0 Å². The van der Waals surface area contributed by atoms with Crippen molar-refractivity contribution < 1.29 is 0 Å². The first-order chi connectivity index (χ1) is 7.45. The summed E-state index contributed by atoms with van der Waals surface area (Å²) in [5.41, 5.74) is 2.53. The van der Waals surface area contributed by atoms with Gasteiger partial charge in [-0.1, -0.05) is 0 Å². The SMILES string of the molecule is c1cc(-c2ncc3n2CCCC3)ccn1. The lowest BCUT2D eigenvalue weighted by Gasteiger charge is -2.16. The summed E-state index contributed by atoms with van der Waals surface area (Å²) in [5.74, 6) is 1.09. The normalized spacial score (nSPS) is 14.9. The lowest BCUT2D eigenvalue weighted by molar-refractivity contribution is 0.536. The van der Waals surface area contributed by atoms with Gasteiger partial charge in [0.1, 0.15) is 5.82 Å². The third kappa shape index (κ3) is 1.44. The molecule has 0 saturated heterocycles. The van der Waals surface area contributed by atoms with Gasteiger partial charge in [-0.3, -0.25) is 4.98 Å². The van der Waals surface area contributed by atoms with Crippen LogP contribution in [0.2, 0.25) is 0 Å². The number of imidazole rings is 1. The quantitative estimate of drug-likeness (QED) is 0.705. The second-order valence-corrected chi connectivity index (χ2v) is 3.92. The van der Waals surface area contributed by atoms with E-state index in [1.807, 2.05) is 30.7 Å². The summed E-state index contributed by atoms with van der Waals surface area (Å²) in [6.45, 7) is 1.10. The van der Waals surface area contributed by atoms with Crippen LogP contribution in [-0.4, -0.2) is 14.5 Å². The van der Waals surface area contributed by atoms with Crippen molar-refractivity contribution in [3.63, 3.8) is 0 Å². The van der Waals surface area contributed by atoms with Crippen molar-refractivity contribution in [2.24, 2.45) is 0 Å². The number of rotatable bonds is 1. The van der Waals surface area contributed by atoms with Crippen LogP contribution < -0.4 is 0 Å². The molecule has 3 nitrogen and oxygen atoms in total. The molecule has 0 amide bonds. The van der Waals surface area contributed by atoms with E-state index in [1.165, 1.54) is 18.5 Å². The zero-order valence-corrected chi connectivity index (χ0v) is 8.56. The van der Waals surface area contributed by atoms with E-state index in [0.717, 1.165) is 24.4 Å². The lowest BCUT2D eigenvalue weighted by Crippen LogP contribution is -2.10. The van der Waals surface area contributed by atoms with E-state index in [-0.39, 0.29) is 0 Å². The molecule has 3 rings (SSSR count). The molecule has 0 bridgehead atoms. The van der Waals surface area contributed by atoms with Gasteiger partial charge in [-0.15, -0.1) is 0 Å². The number of fused-ring (bicyclic) bond motifs is 1. The van der Waals surface area contributed by atoms with E-state index >= 15 is 0 Å². The van der Waals surface area contributed by atoms with Crippen LogP contribution in [0.15, 0.2) is 30.7 Å². The molecule has 0 atom stereocenters. The van der Waals surface area contributed by atoms with Crippen molar-refractivity contribution >= 4 is 0 Å². The molecule has 2 aromatic heterocycles. The molecule has 76 valence electrons. The van der Waals surface area contributed by atoms with Crippen molar-refractivity contribution in [2.45, 2.75) is 25.8 Å². The Morgan fingerprint density at radius 2 is 2.00 bits per heavy atom. The van der Waals surface area contributed by atoms with E-state index in [0.29, 0.717) is 0 Å². The molecular weight excluding hydrogens is 186 g/mol. The van der Waals surface area contributed by atoms with E-state index in [2.05, 4.69) is 14.5 Å². The molecule has 0 fully saturated rings. The number of hydrogen-bond donors (Lipinski definition) is 0. The molecule has 0 aromatic carbocycles. The summed E-state index contributed by atoms with van der Waals surface area (Å²) in [6.07, 6.45) is 9.37. The first kappa shape index (κ1) is 8.65. The standard InChI is InChI=1S/C12H13N3/c1-2-8-15-11(3-1)9-14-12(15)10-4-6-13-7-5-10/h4-7,9H,1-3,8H2. The van der Waals surface area contributed by atoms with Gasteiger partial charge in [0, 0.05) is 36.4 Å². The van der Waals surface area contributed by atoms with Crippen molar-refractivity contribution in [1.82, 2.24) is 14.5 Å². The maximum absolute atomic E-state index is 4.50. The molecule has 0 aliphatic carbocycles. The largest absolute Gasteiger partial charge is 0.328 e. The summed E-state index contributed by atoms with van der Waals surface area (Å²) >= 11 is 0. The summed E-state index contributed by atoms with van der Waals surface area (Å²) in [7, 11) is 0. The van der Waals surface area contributed by atoms with Crippen molar-refractivity contribution in [3.8, 4) is 11.4 Å². The molecule has 0 unspecified atom stereocenters. The average molecular weight is 199 g/mol. The van der Waals surface area contributed by atoms with Crippen LogP contribution in [0.4, 0.5) is 0 Å². The Bertz CT molecular complexity index is 459. The Morgan fingerprint density at radius 3 is 2.87 bits per heavy atom. The molecule has 0 spiro atoms. The van der Waals surface area contributed by atoms with Crippen LogP contribution in [0.3, 0.4) is 0 Å². The fourth-order valence-electron chi connectivity index (χ4n) is 2.17. The zero-order valence-electron chi connectivity index (χ0n) is 8.56. The van der Waals surface area contributed by atoms with E-state index in [4.69, 9.17) is 0 Å². The Balaban J connectivity index is 2.09. The van der Waals surface area contributed by atoms with E-state index < -0.39 is 0 Å². The Hall–Kier alpha value is -1.64. The Kier molecular flexibility index (Phi) is 2.02. The molecule has 0 N–H and O–H groups in total. The highest BCUT2D eigenvalue weighted by molar-refractivity contribution is 5.55. The predicted octanol–water partition coefficient (Wildman–Crippen LogP) is 2.28. The van der Waals surface area contributed by atoms with Gasteiger partial charge in [-0.2, -0.15) is 0 Å². The third-order valence-corrected chi connectivity index (χ3v) is 2.94. The van der Waals surface area contributed by atoms with Crippen LogP contribution in [0.25, 0.3) is 11.4 Å². The third-order valence-electron chi connectivity index (χ3n) is 2.94. The van der Waals surface area contributed by atoms with Gasteiger partial charge in [0.15, 0.2) is 0 Å².